The van der Waals surface area contributed by atoms with Crippen LogP contribution >= 0.6 is 12.2 Å². The monoisotopic (exact) mass is 216 g/mol. The first kappa shape index (κ1) is 13.8. The normalized spacial score (nSPS) is 16.8. The molecule has 0 aliphatic rings. The highest BCUT2D eigenvalue weighted by atomic mass is 32.1. The van der Waals surface area contributed by atoms with Gasteiger partial charge in [0.15, 0.2) is 0 Å². The Hall–Kier alpha value is -0.150. The second kappa shape index (κ2) is 5.08. The summed E-state index contributed by atoms with van der Waals surface area (Å²) < 4.78 is 0. The SMILES string of the molecule is CCC(C(N)=S)N(C)C(C)C(C)(C)C. The van der Waals surface area contributed by atoms with Crippen LogP contribution in [-0.4, -0.2) is 29.0 Å². The Kier molecular flexibility index (Phi) is 5.02. The molecule has 0 radical (unpaired) electrons. The van der Waals surface area contributed by atoms with Crippen molar-refractivity contribution in [1.82, 2.24) is 4.90 Å². The van der Waals surface area contributed by atoms with E-state index in [1.54, 1.807) is 0 Å². The predicted molar refractivity (Wildman–Crippen MR) is 67.5 cm³/mol. The van der Waals surface area contributed by atoms with E-state index in [1.165, 1.54) is 0 Å². The molecule has 2 nitrogen and oxygen atoms in total. The van der Waals surface area contributed by atoms with Crippen molar-refractivity contribution >= 4 is 17.2 Å². The minimum atomic E-state index is 0.222. The fourth-order valence-corrected chi connectivity index (χ4v) is 1.90. The Labute approximate surface area is 93.8 Å². The smallest absolute Gasteiger partial charge is 0.0901 e. The largest absolute Gasteiger partial charge is 0.392 e. The lowest BCUT2D eigenvalue weighted by Gasteiger charge is -2.39. The van der Waals surface area contributed by atoms with Gasteiger partial charge in [-0.25, -0.2) is 0 Å². The molecule has 0 aliphatic heterocycles. The van der Waals surface area contributed by atoms with Crippen molar-refractivity contribution in [2.45, 2.75) is 53.1 Å². The molecule has 0 aliphatic carbocycles. The molecule has 0 rings (SSSR count). The second-order valence-electron chi connectivity index (χ2n) is 5.03. The van der Waals surface area contributed by atoms with E-state index < -0.39 is 0 Å². The van der Waals surface area contributed by atoms with Gasteiger partial charge in [0.1, 0.15) is 0 Å². The molecule has 0 fully saturated rings. The molecule has 0 saturated carbocycles. The predicted octanol–water partition coefficient (Wildman–Crippen LogP) is 2.42. The van der Waals surface area contributed by atoms with Gasteiger partial charge in [0.25, 0.3) is 0 Å². The highest BCUT2D eigenvalue weighted by Crippen LogP contribution is 2.25. The Balaban J connectivity index is 4.58. The third-order valence-corrected chi connectivity index (χ3v) is 3.34. The fourth-order valence-electron chi connectivity index (χ4n) is 1.57. The van der Waals surface area contributed by atoms with Crippen LogP contribution < -0.4 is 5.73 Å². The molecule has 3 heteroatoms. The van der Waals surface area contributed by atoms with Crippen molar-refractivity contribution in [3.8, 4) is 0 Å². The maximum Gasteiger partial charge on any atom is 0.0901 e. The zero-order chi connectivity index (χ0) is 11.5. The standard InChI is InChI=1S/C11H24N2S/c1-7-9(10(12)14)13(6)8(2)11(3,4)5/h8-9H,7H2,1-6H3,(H2,12,14). The van der Waals surface area contributed by atoms with Gasteiger partial charge in [0, 0.05) is 6.04 Å². The average Bonchev–Trinajstić information content (AvgIpc) is 2.01. The number of hydrogen-bond acceptors (Lipinski definition) is 2. The Morgan fingerprint density at radius 1 is 1.43 bits per heavy atom. The summed E-state index contributed by atoms with van der Waals surface area (Å²) >= 11 is 5.07. The number of hydrogen-bond donors (Lipinski definition) is 1. The van der Waals surface area contributed by atoms with Crippen LogP contribution in [0.3, 0.4) is 0 Å². The molecular weight excluding hydrogens is 192 g/mol. The highest BCUT2D eigenvalue weighted by Gasteiger charge is 2.28. The van der Waals surface area contributed by atoms with Gasteiger partial charge in [0.05, 0.1) is 11.0 Å². The fraction of sp³-hybridized carbons (Fsp3) is 0.909. The Bertz CT molecular complexity index is 196. The van der Waals surface area contributed by atoms with E-state index in [2.05, 4.69) is 46.6 Å². The summed E-state index contributed by atoms with van der Waals surface area (Å²) in [5.74, 6) is 0. The molecule has 2 atom stereocenters. The quantitative estimate of drug-likeness (QED) is 0.732. The topological polar surface area (TPSA) is 29.3 Å². The number of rotatable bonds is 4. The molecular formula is C11H24N2S. The molecule has 0 amide bonds. The van der Waals surface area contributed by atoms with Crippen LogP contribution in [0, 0.1) is 5.41 Å². The van der Waals surface area contributed by atoms with Crippen LogP contribution in [0.4, 0.5) is 0 Å². The summed E-state index contributed by atoms with van der Waals surface area (Å²) in [6.07, 6.45) is 0.978. The first-order valence-corrected chi connectivity index (χ1v) is 5.63. The third kappa shape index (κ3) is 3.54. The van der Waals surface area contributed by atoms with Crippen molar-refractivity contribution in [3.63, 3.8) is 0 Å². The highest BCUT2D eigenvalue weighted by molar-refractivity contribution is 7.80. The second-order valence-corrected chi connectivity index (χ2v) is 5.51. The van der Waals surface area contributed by atoms with E-state index in [4.69, 9.17) is 18.0 Å². The van der Waals surface area contributed by atoms with Crippen LogP contribution in [0.5, 0.6) is 0 Å². The molecule has 84 valence electrons. The summed E-state index contributed by atoms with van der Waals surface area (Å²) in [7, 11) is 2.10. The van der Waals surface area contributed by atoms with Gasteiger partial charge in [-0.3, -0.25) is 4.90 Å². The van der Waals surface area contributed by atoms with Gasteiger partial charge in [0.2, 0.25) is 0 Å². The molecule has 0 heterocycles. The summed E-state index contributed by atoms with van der Waals surface area (Å²) in [5.41, 5.74) is 5.98. The molecule has 0 aromatic carbocycles. The van der Waals surface area contributed by atoms with Crippen molar-refractivity contribution in [2.24, 2.45) is 11.1 Å². The Morgan fingerprint density at radius 2 is 1.86 bits per heavy atom. The van der Waals surface area contributed by atoms with E-state index in [0.29, 0.717) is 11.0 Å². The molecule has 14 heavy (non-hydrogen) atoms. The van der Waals surface area contributed by atoms with Crippen molar-refractivity contribution < 1.29 is 0 Å². The zero-order valence-electron chi connectivity index (χ0n) is 10.3. The van der Waals surface area contributed by atoms with E-state index >= 15 is 0 Å². The molecule has 0 aromatic rings. The van der Waals surface area contributed by atoms with Crippen LogP contribution in [0.15, 0.2) is 0 Å². The minimum Gasteiger partial charge on any atom is -0.392 e. The van der Waals surface area contributed by atoms with Gasteiger partial charge >= 0.3 is 0 Å². The van der Waals surface area contributed by atoms with E-state index in [-0.39, 0.29) is 11.5 Å². The molecule has 0 bridgehead atoms. The van der Waals surface area contributed by atoms with Crippen LogP contribution in [0.2, 0.25) is 0 Å². The summed E-state index contributed by atoms with van der Waals surface area (Å²) in [5, 5.41) is 0. The van der Waals surface area contributed by atoms with Gasteiger partial charge in [-0.15, -0.1) is 0 Å². The zero-order valence-corrected chi connectivity index (χ0v) is 11.1. The number of nitrogens with zero attached hydrogens (tertiary/aromatic N) is 1. The number of thiocarbonyl (C=S) groups is 1. The van der Waals surface area contributed by atoms with E-state index in [9.17, 15) is 0 Å². The van der Waals surface area contributed by atoms with Gasteiger partial charge < -0.3 is 5.73 Å². The van der Waals surface area contributed by atoms with E-state index in [0.717, 1.165) is 6.42 Å². The summed E-state index contributed by atoms with van der Waals surface area (Å²) in [6.45, 7) is 11.1. The third-order valence-electron chi connectivity index (χ3n) is 3.07. The van der Waals surface area contributed by atoms with Crippen LogP contribution in [0.25, 0.3) is 0 Å². The average molecular weight is 216 g/mol. The van der Waals surface area contributed by atoms with Gasteiger partial charge in [-0.1, -0.05) is 39.9 Å². The first-order valence-electron chi connectivity index (χ1n) is 5.23. The molecule has 0 saturated heterocycles. The molecule has 2 unspecified atom stereocenters. The number of nitrogens with two attached hydrogens (primary N) is 1. The minimum absolute atomic E-state index is 0.222. The Morgan fingerprint density at radius 3 is 2.07 bits per heavy atom. The first-order chi connectivity index (χ1) is 6.21. The lowest BCUT2D eigenvalue weighted by atomic mass is 9.86. The van der Waals surface area contributed by atoms with Gasteiger partial charge in [-0.2, -0.15) is 0 Å². The maximum absolute atomic E-state index is 5.72. The maximum atomic E-state index is 5.72. The van der Waals surface area contributed by atoms with Crippen molar-refractivity contribution in [1.29, 1.82) is 0 Å². The molecule has 0 aromatic heterocycles. The van der Waals surface area contributed by atoms with Crippen molar-refractivity contribution in [3.05, 3.63) is 0 Å². The molecule has 2 N–H and O–H groups in total. The summed E-state index contributed by atoms with van der Waals surface area (Å²) in [6, 6.07) is 0.688. The lowest BCUT2D eigenvalue weighted by Crippen LogP contribution is -2.49. The van der Waals surface area contributed by atoms with Crippen molar-refractivity contribution in [2.75, 3.05) is 7.05 Å². The van der Waals surface area contributed by atoms with Crippen LogP contribution in [-0.2, 0) is 0 Å². The van der Waals surface area contributed by atoms with Crippen LogP contribution in [0.1, 0.15) is 41.0 Å². The van der Waals surface area contributed by atoms with E-state index in [1.807, 2.05) is 0 Å². The molecule has 0 spiro atoms. The summed E-state index contributed by atoms with van der Waals surface area (Å²) in [4.78, 5) is 2.88. The number of likely N-dealkylation sites (N-methyl/N-ethyl adjacent to an activating group) is 1. The van der Waals surface area contributed by atoms with Gasteiger partial charge in [-0.05, 0) is 25.8 Å². The lowest BCUT2D eigenvalue weighted by molar-refractivity contribution is 0.121.